The maximum Gasteiger partial charge on any atom is 0.305 e. The lowest BCUT2D eigenvalue weighted by Gasteiger charge is -2.34. The number of nitrogens with zero attached hydrogens (tertiary/aromatic N) is 2. The van der Waals surface area contributed by atoms with Gasteiger partial charge in [-0.05, 0) is 55.2 Å². The molecule has 0 radical (unpaired) electrons. The number of amides is 5. The van der Waals surface area contributed by atoms with Gasteiger partial charge in [-0.3, -0.25) is 28.8 Å². The molecule has 2 aromatic rings. The molecule has 2 aliphatic heterocycles. The van der Waals surface area contributed by atoms with Crippen LogP contribution >= 0.6 is 0 Å². The van der Waals surface area contributed by atoms with Gasteiger partial charge in [0.15, 0.2) is 0 Å². The second kappa shape index (κ2) is 17.7. The average molecular weight is 706 g/mol. The van der Waals surface area contributed by atoms with Crippen LogP contribution in [0.1, 0.15) is 45.1 Å². The third kappa shape index (κ3) is 10.1. The molecule has 1 saturated heterocycles. The molecular formula is C35H47N9O7. The molecule has 1 fully saturated rings. The summed E-state index contributed by atoms with van der Waals surface area (Å²) < 4.78 is 0. The number of nitrogens with one attached hydrogen (secondary N) is 6. The summed E-state index contributed by atoms with van der Waals surface area (Å²) in [5, 5.41) is 23.8. The summed E-state index contributed by atoms with van der Waals surface area (Å²) in [7, 11) is 1.45. The van der Waals surface area contributed by atoms with Gasteiger partial charge in [-0.1, -0.05) is 32.0 Å². The molecule has 0 bridgehead atoms. The standard InChI is InChI=1S/C35H47N9O7/c1-21(2)31-34(50)41-25(11-6-7-15-44-16-14-37-28(44)12-8-13-36)32(48)39-20-29(45)40-26(18-30(46)47)33(49)42-27(35(51)43(31)3)17-22-19-38-24-10-5-4-9-23(22)24/h4-5,8-10,12-14,16,19,21,25-27,31,37-38H,6-7,11,15,17-18,20,36H2,1-3H3,(H,39,48)(H,40,45)(H,41,50)(H,42,49)(H,46,47)/b13-8-,28-12+. The lowest BCUT2D eigenvalue weighted by Crippen LogP contribution is -2.59. The fourth-order valence-electron chi connectivity index (χ4n) is 6.24. The van der Waals surface area contributed by atoms with E-state index in [9.17, 15) is 33.9 Å². The number of benzene rings is 1. The molecule has 3 heterocycles. The molecular weight excluding hydrogens is 658 g/mol. The highest BCUT2D eigenvalue weighted by Crippen LogP contribution is 2.21. The topological polar surface area (TPSA) is 231 Å². The van der Waals surface area contributed by atoms with E-state index in [1.807, 2.05) is 41.4 Å². The summed E-state index contributed by atoms with van der Waals surface area (Å²) in [5.41, 5.74) is 6.96. The summed E-state index contributed by atoms with van der Waals surface area (Å²) in [5.74, 6) is -4.49. The number of rotatable bonds is 11. The Kier molecular flexibility index (Phi) is 13.2. The highest BCUT2D eigenvalue weighted by Gasteiger charge is 2.37. The van der Waals surface area contributed by atoms with E-state index in [1.165, 1.54) is 18.1 Å². The number of H-pyrrole nitrogens is 1. The van der Waals surface area contributed by atoms with E-state index >= 15 is 0 Å². The Labute approximate surface area is 295 Å². The van der Waals surface area contributed by atoms with E-state index < -0.39 is 78.6 Å². The van der Waals surface area contributed by atoms with Crippen molar-refractivity contribution in [3.8, 4) is 0 Å². The highest BCUT2D eigenvalue weighted by molar-refractivity contribution is 5.98. The zero-order chi connectivity index (χ0) is 37.1. The van der Waals surface area contributed by atoms with E-state index in [-0.39, 0.29) is 12.8 Å². The number of aliphatic carboxylic acids is 1. The number of carboxylic acids is 1. The Balaban J connectivity index is 1.60. The number of carboxylic acid groups (broad SMARTS) is 1. The van der Waals surface area contributed by atoms with Crippen molar-refractivity contribution >= 4 is 46.4 Å². The molecule has 51 heavy (non-hydrogen) atoms. The van der Waals surface area contributed by atoms with Crippen LogP contribution in [-0.4, -0.2) is 99.7 Å². The largest absolute Gasteiger partial charge is 0.481 e. The van der Waals surface area contributed by atoms with Gasteiger partial charge in [0.2, 0.25) is 29.5 Å². The first-order chi connectivity index (χ1) is 24.4. The lowest BCUT2D eigenvalue weighted by atomic mass is 9.98. The van der Waals surface area contributed by atoms with Gasteiger partial charge in [-0.25, -0.2) is 0 Å². The summed E-state index contributed by atoms with van der Waals surface area (Å²) in [4.78, 5) is 86.1. The van der Waals surface area contributed by atoms with Gasteiger partial charge in [0.1, 0.15) is 30.0 Å². The first-order valence-corrected chi connectivity index (χ1v) is 16.9. The van der Waals surface area contributed by atoms with Crippen LogP contribution in [0.15, 0.2) is 67.0 Å². The van der Waals surface area contributed by atoms with Crippen LogP contribution in [0.3, 0.4) is 0 Å². The predicted molar refractivity (Wildman–Crippen MR) is 189 cm³/mol. The Hall–Kier alpha value is -5.80. The summed E-state index contributed by atoms with van der Waals surface area (Å²) in [6, 6.07) is 2.52. The molecule has 2 aliphatic rings. The Morgan fingerprint density at radius 1 is 1.00 bits per heavy atom. The van der Waals surface area contributed by atoms with Gasteiger partial charge >= 0.3 is 5.97 Å². The van der Waals surface area contributed by atoms with Gasteiger partial charge in [0, 0.05) is 49.5 Å². The molecule has 5 amide bonds. The molecule has 4 atom stereocenters. The molecule has 4 unspecified atom stereocenters. The molecule has 16 nitrogen and oxygen atoms in total. The van der Waals surface area contributed by atoms with Gasteiger partial charge in [0.05, 0.1) is 13.0 Å². The molecule has 16 heteroatoms. The number of aromatic amines is 1. The van der Waals surface area contributed by atoms with Crippen molar-refractivity contribution in [2.45, 2.75) is 70.1 Å². The highest BCUT2D eigenvalue weighted by atomic mass is 16.4. The Morgan fingerprint density at radius 2 is 1.75 bits per heavy atom. The van der Waals surface area contributed by atoms with Crippen LogP contribution < -0.4 is 32.3 Å². The van der Waals surface area contributed by atoms with E-state index in [4.69, 9.17) is 5.73 Å². The van der Waals surface area contributed by atoms with Crippen LogP contribution in [0, 0.1) is 5.92 Å². The summed E-state index contributed by atoms with van der Waals surface area (Å²) >= 11 is 0. The van der Waals surface area contributed by atoms with E-state index in [0.29, 0.717) is 24.9 Å². The van der Waals surface area contributed by atoms with Crippen molar-refractivity contribution in [1.29, 1.82) is 0 Å². The van der Waals surface area contributed by atoms with Crippen molar-refractivity contribution in [2.75, 3.05) is 20.1 Å². The number of carbonyl (C=O) groups is 6. The molecule has 274 valence electrons. The summed E-state index contributed by atoms with van der Waals surface area (Å²) in [6.45, 7) is 3.55. The first-order valence-electron chi connectivity index (χ1n) is 16.9. The monoisotopic (exact) mass is 705 g/mol. The van der Waals surface area contributed by atoms with Crippen LogP contribution in [-0.2, 0) is 35.2 Å². The van der Waals surface area contributed by atoms with E-state index in [2.05, 4.69) is 31.6 Å². The van der Waals surface area contributed by atoms with Crippen LogP contribution in [0.5, 0.6) is 0 Å². The van der Waals surface area contributed by atoms with Gasteiger partial charge in [-0.2, -0.15) is 0 Å². The van der Waals surface area contributed by atoms with Crippen molar-refractivity contribution in [3.63, 3.8) is 0 Å². The Bertz CT molecular complexity index is 1700. The van der Waals surface area contributed by atoms with E-state index in [1.54, 1.807) is 32.3 Å². The predicted octanol–water partition coefficient (Wildman–Crippen LogP) is 0.113. The number of likely N-dealkylation sites (N-methyl/N-ethyl adjacent to an activating group) is 1. The summed E-state index contributed by atoms with van der Waals surface area (Å²) in [6.07, 6.45) is 10.9. The van der Waals surface area contributed by atoms with Crippen molar-refractivity contribution < 1.29 is 33.9 Å². The minimum Gasteiger partial charge on any atom is -0.481 e. The van der Waals surface area contributed by atoms with Crippen LogP contribution in [0.25, 0.3) is 10.9 Å². The number of hydrogen-bond acceptors (Lipinski definition) is 9. The zero-order valence-corrected chi connectivity index (χ0v) is 29.0. The third-order valence-corrected chi connectivity index (χ3v) is 8.77. The first kappa shape index (κ1) is 38.0. The maximum atomic E-state index is 14.2. The second-order valence-electron chi connectivity index (χ2n) is 12.8. The molecule has 4 rings (SSSR count). The number of fused-ring (bicyclic) bond motifs is 1. The second-order valence-corrected chi connectivity index (χ2v) is 12.8. The number of carbonyl (C=O) groups excluding carboxylic acids is 5. The molecule has 9 N–H and O–H groups in total. The molecule has 0 saturated carbocycles. The smallest absolute Gasteiger partial charge is 0.305 e. The van der Waals surface area contributed by atoms with Crippen molar-refractivity contribution in [1.82, 2.24) is 41.4 Å². The molecule has 0 spiro atoms. The normalized spacial score (nSPS) is 23.2. The Morgan fingerprint density at radius 3 is 2.47 bits per heavy atom. The van der Waals surface area contributed by atoms with Crippen LogP contribution in [0.2, 0.25) is 0 Å². The van der Waals surface area contributed by atoms with Gasteiger partial charge in [-0.15, -0.1) is 0 Å². The zero-order valence-electron chi connectivity index (χ0n) is 29.0. The van der Waals surface area contributed by atoms with Crippen LogP contribution in [0.4, 0.5) is 0 Å². The fourth-order valence-corrected chi connectivity index (χ4v) is 6.24. The quantitative estimate of drug-likeness (QED) is 0.147. The number of nitrogens with two attached hydrogens (primary N) is 1. The minimum absolute atomic E-state index is 0.00288. The number of unbranched alkanes of at least 4 members (excludes halogenated alkanes) is 1. The van der Waals surface area contributed by atoms with Crippen molar-refractivity contribution in [3.05, 3.63) is 72.6 Å². The number of allylic oxidation sites excluding steroid dienone is 2. The van der Waals surface area contributed by atoms with Gasteiger partial charge in [0.25, 0.3) is 0 Å². The van der Waals surface area contributed by atoms with Crippen molar-refractivity contribution in [2.24, 2.45) is 11.7 Å². The molecule has 0 aliphatic carbocycles. The lowest BCUT2D eigenvalue weighted by molar-refractivity contribution is -0.144. The molecule has 1 aromatic heterocycles. The minimum atomic E-state index is -1.55. The number of para-hydroxylation sites is 1. The van der Waals surface area contributed by atoms with E-state index in [0.717, 1.165) is 16.7 Å². The maximum absolute atomic E-state index is 14.2. The average Bonchev–Trinajstić information content (AvgIpc) is 3.72. The third-order valence-electron chi connectivity index (χ3n) is 8.77. The number of hydrogen-bond donors (Lipinski definition) is 8. The van der Waals surface area contributed by atoms with Gasteiger partial charge < -0.3 is 52.2 Å². The molecule has 1 aromatic carbocycles. The number of aromatic nitrogens is 1. The fraction of sp³-hybridized carbons (Fsp3) is 0.429. The SMILES string of the molecule is CC(C)C1C(=O)NC(CCCCN2C=CN/C2=C\C=C/N)C(=O)NCC(=O)NC(CC(=O)O)C(=O)NC(Cc2c[nH]c3ccccc23)C(=O)N1C.